The molecule has 0 saturated heterocycles. The first kappa shape index (κ1) is 35.8. The van der Waals surface area contributed by atoms with Crippen molar-refractivity contribution < 1.29 is 0 Å². The van der Waals surface area contributed by atoms with Gasteiger partial charge in [-0.15, -0.1) is 20.7 Å². The number of nitrogens with zero attached hydrogens (tertiary/aromatic N) is 3. The monoisotopic (exact) mass is 889 g/mol. The van der Waals surface area contributed by atoms with E-state index in [2.05, 4.69) is 186 Å². The van der Waals surface area contributed by atoms with Crippen LogP contribution in [-0.2, 0) is 4.43 Å². The molecule has 0 saturated carbocycles. The van der Waals surface area contributed by atoms with Crippen molar-refractivity contribution in [2.24, 2.45) is 0 Å². The summed E-state index contributed by atoms with van der Waals surface area (Å²) < 4.78 is 3.49. The molecule has 0 spiro atoms. The lowest BCUT2D eigenvalue weighted by Gasteiger charge is -2.16. The second-order valence-corrected chi connectivity index (χ2v) is 18.1. The predicted molar refractivity (Wildman–Crippen MR) is 267 cm³/mol. The zero-order chi connectivity index (χ0) is 40.3. The summed E-state index contributed by atoms with van der Waals surface area (Å²) in [5.74, 6) is 1.93. The SMILES string of the molecule is C1=Cc2cc3ccc(-c4nc(-c5ccccc5)nc(-c5cc(-c6cc7ccccc7c7ccccc67)cc(-c6cc7ccccc7c7ccccc67)c5)n4)cc3cc2CI=C1. The highest BCUT2D eigenvalue weighted by Gasteiger charge is 2.18. The third-order valence-electron chi connectivity index (χ3n) is 12.0. The van der Waals surface area contributed by atoms with Crippen LogP contribution < -0.4 is 0 Å². The molecule has 2 heterocycles. The highest BCUT2D eigenvalue weighted by Crippen LogP contribution is 2.42. The van der Waals surface area contributed by atoms with E-state index in [0.29, 0.717) is 17.5 Å². The molecule has 0 N–H and O–H groups in total. The molecule has 286 valence electrons. The van der Waals surface area contributed by atoms with Gasteiger partial charge < -0.3 is 0 Å². The van der Waals surface area contributed by atoms with E-state index in [-0.39, 0.29) is 20.7 Å². The third kappa shape index (κ3) is 6.42. The standard InChI is InChI=1S/C57H36IN3/c1-2-13-36(14-3-1)55-59-56(41-25-24-38-27-37-17-12-26-58-35-46(37)29-42(38)28-41)61-57(60-55)45-31-43(53-33-39-15-4-6-18-47(39)49-20-8-10-22-51(49)53)30-44(32-45)54-34-40-16-5-7-19-48(40)50-21-9-11-23-52(50)54/h1-34H,35H2. The zero-order valence-corrected chi connectivity index (χ0v) is 35.2. The number of allylic oxidation sites excluding steroid dienone is 1. The van der Waals surface area contributed by atoms with Crippen LogP contribution in [0.2, 0.25) is 0 Å². The van der Waals surface area contributed by atoms with E-state index in [1.54, 1.807) is 0 Å². The maximum atomic E-state index is 5.37. The van der Waals surface area contributed by atoms with Gasteiger partial charge in [0.15, 0.2) is 17.5 Å². The van der Waals surface area contributed by atoms with Crippen molar-refractivity contribution in [3.05, 3.63) is 205 Å². The average Bonchev–Trinajstić information content (AvgIpc) is 3.57. The highest BCUT2D eigenvalue weighted by atomic mass is 127. The van der Waals surface area contributed by atoms with E-state index in [4.69, 9.17) is 15.0 Å². The maximum absolute atomic E-state index is 5.37. The van der Waals surface area contributed by atoms with Gasteiger partial charge in [-0.25, -0.2) is 15.0 Å². The fraction of sp³-hybridized carbons (Fsp3) is 0.0175. The molecular weight excluding hydrogens is 854 g/mol. The maximum Gasteiger partial charge on any atom is 0.164 e. The number of hydrogen-bond acceptors (Lipinski definition) is 3. The van der Waals surface area contributed by atoms with Crippen molar-refractivity contribution in [2.45, 2.75) is 4.43 Å². The Bertz CT molecular complexity index is 3490. The average molecular weight is 890 g/mol. The normalized spacial score (nSPS) is 12.5. The molecule has 0 bridgehead atoms. The molecule has 0 aliphatic carbocycles. The summed E-state index contributed by atoms with van der Waals surface area (Å²) >= 11 is 0.00398. The van der Waals surface area contributed by atoms with Gasteiger partial charge in [0, 0.05) is 21.1 Å². The topological polar surface area (TPSA) is 38.7 Å². The van der Waals surface area contributed by atoms with Crippen molar-refractivity contribution in [1.82, 2.24) is 15.0 Å². The molecule has 4 heteroatoms. The number of fused-ring (bicyclic) bond motifs is 8. The Morgan fingerprint density at radius 2 is 0.869 bits per heavy atom. The molecule has 1 aromatic heterocycles. The van der Waals surface area contributed by atoms with Crippen LogP contribution in [0.3, 0.4) is 0 Å². The Balaban J connectivity index is 1.13. The summed E-state index contributed by atoms with van der Waals surface area (Å²) in [7, 11) is 0. The molecular formula is C57H36IN3. The van der Waals surface area contributed by atoms with Crippen LogP contribution in [0.1, 0.15) is 11.1 Å². The van der Waals surface area contributed by atoms with Gasteiger partial charge in [0.2, 0.25) is 0 Å². The van der Waals surface area contributed by atoms with E-state index in [0.717, 1.165) is 32.2 Å². The molecule has 12 rings (SSSR count). The smallest absolute Gasteiger partial charge is 0.164 e. The Morgan fingerprint density at radius 3 is 1.51 bits per heavy atom. The Hall–Kier alpha value is -7.15. The zero-order valence-electron chi connectivity index (χ0n) is 33.1. The van der Waals surface area contributed by atoms with Crippen LogP contribution in [-0.4, -0.2) is 19.0 Å². The summed E-state index contributed by atoms with van der Waals surface area (Å²) in [6.45, 7) is 0. The molecule has 0 radical (unpaired) electrons. The van der Waals surface area contributed by atoms with Crippen LogP contribution in [0.4, 0.5) is 0 Å². The molecule has 0 atom stereocenters. The van der Waals surface area contributed by atoms with Crippen LogP contribution in [0.25, 0.3) is 116 Å². The number of aromatic nitrogens is 3. The van der Waals surface area contributed by atoms with Crippen molar-refractivity contribution in [3.63, 3.8) is 0 Å². The molecule has 1 aliphatic rings. The van der Waals surface area contributed by atoms with Gasteiger partial charge in [-0.05, 0) is 140 Å². The number of halogens is 1. The lowest BCUT2D eigenvalue weighted by atomic mass is 9.88. The van der Waals surface area contributed by atoms with Gasteiger partial charge in [-0.3, -0.25) is 0 Å². The van der Waals surface area contributed by atoms with Gasteiger partial charge in [-0.1, -0.05) is 152 Å². The van der Waals surface area contributed by atoms with Gasteiger partial charge in [0.05, 0.1) is 0 Å². The molecule has 3 nitrogen and oxygen atoms in total. The molecule has 0 amide bonds. The molecule has 61 heavy (non-hydrogen) atoms. The Labute approximate surface area is 363 Å². The Morgan fingerprint density at radius 1 is 0.344 bits per heavy atom. The van der Waals surface area contributed by atoms with Gasteiger partial charge in [0.25, 0.3) is 0 Å². The second kappa shape index (κ2) is 14.8. The van der Waals surface area contributed by atoms with E-state index < -0.39 is 0 Å². The molecule has 1 aliphatic heterocycles. The quantitative estimate of drug-likeness (QED) is 0.0982. The van der Waals surface area contributed by atoms with Gasteiger partial charge in [-0.2, -0.15) is 0 Å². The highest BCUT2D eigenvalue weighted by molar-refractivity contribution is 14.2. The van der Waals surface area contributed by atoms with Gasteiger partial charge in [0.1, 0.15) is 0 Å². The second-order valence-electron chi connectivity index (χ2n) is 15.7. The summed E-state index contributed by atoms with van der Waals surface area (Å²) in [6, 6.07) is 68.1. The van der Waals surface area contributed by atoms with Crippen molar-refractivity contribution in [3.8, 4) is 56.4 Å². The molecule has 10 aromatic carbocycles. The first-order valence-electron chi connectivity index (χ1n) is 20.6. The molecule has 0 unspecified atom stereocenters. The summed E-state index contributed by atoms with van der Waals surface area (Å²) in [6.07, 6.45) is 4.48. The number of benzene rings is 10. The fourth-order valence-electron chi connectivity index (χ4n) is 9.10. The van der Waals surface area contributed by atoms with E-state index in [1.807, 2.05) is 18.2 Å². The summed E-state index contributed by atoms with van der Waals surface area (Å²) in [4.78, 5) is 15.9. The number of alkyl halides is 1. The summed E-state index contributed by atoms with van der Waals surface area (Å²) in [5, 5.41) is 12.2. The number of rotatable bonds is 5. The van der Waals surface area contributed by atoms with E-state index in [9.17, 15) is 0 Å². The van der Waals surface area contributed by atoms with Crippen molar-refractivity contribution in [2.75, 3.05) is 0 Å². The minimum Gasteiger partial charge on any atom is -0.208 e. The third-order valence-corrected chi connectivity index (χ3v) is 14.2. The molecule has 11 aromatic rings. The first-order valence-corrected chi connectivity index (χ1v) is 23.4. The van der Waals surface area contributed by atoms with E-state index in [1.165, 1.54) is 76.1 Å². The van der Waals surface area contributed by atoms with Gasteiger partial charge >= 0.3 is 0 Å². The largest absolute Gasteiger partial charge is 0.208 e. The predicted octanol–water partition coefficient (Wildman–Crippen LogP) is 15.3. The Kier molecular flexibility index (Phi) is 8.70. The van der Waals surface area contributed by atoms with Crippen molar-refractivity contribution >= 4 is 84.7 Å². The van der Waals surface area contributed by atoms with Crippen LogP contribution >= 0.6 is 20.7 Å². The lowest BCUT2D eigenvalue weighted by molar-refractivity contribution is 1.07. The van der Waals surface area contributed by atoms with Crippen LogP contribution in [0.5, 0.6) is 0 Å². The van der Waals surface area contributed by atoms with Crippen LogP contribution in [0.15, 0.2) is 194 Å². The first-order chi connectivity index (χ1) is 30.2. The molecule has 0 fully saturated rings. The van der Waals surface area contributed by atoms with Crippen molar-refractivity contribution in [1.29, 1.82) is 0 Å². The fourth-order valence-corrected chi connectivity index (χ4v) is 11.0. The number of hydrogen-bond donors (Lipinski definition) is 0. The van der Waals surface area contributed by atoms with E-state index >= 15 is 0 Å². The van der Waals surface area contributed by atoms with Crippen LogP contribution in [0, 0.1) is 0 Å². The summed E-state index contributed by atoms with van der Waals surface area (Å²) in [5.41, 5.74) is 10.1. The lowest BCUT2D eigenvalue weighted by Crippen LogP contribution is -2.01. The minimum atomic E-state index is 0.00398. The minimum absolute atomic E-state index is 0.00398.